The predicted octanol–water partition coefficient (Wildman–Crippen LogP) is 3.48. The van der Waals surface area contributed by atoms with Gasteiger partial charge in [0.15, 0.2) is 0 Å². The number of fused-ring (bicyclic) bond motifs is 2. The summed E-state index contributed by atoms with van der Waals surface area (Å²) in [5.41, 5.74) is 2.10. The SMILES string of the molecule is O=C(NCc1cccc(Cl)c1)c1cc2c(s1)C1(CCNCC1)OCC2. The maximum absolute atomic E-state index is 12.6. The highest BCUT2D eigenvalue weighted by Gasteiger charge is 2.41. The lowest BCUT2D eigenvalue weighted by molar-refractivity contribution is -0.0771. The van der Waals surface area contributed by atoms with Crippen molar-refractivity contribution < 1.29 is 9.53 Å². The van der Waals surface area contributed by atoms with E-state index in [0.717, 1.165) is 49.4 Å². The highest BCUT2D eigenvalue weighted by molar-refractivity contribution is 7.14. The molecule has 4 nitrogen and oxygen atoms in total. The number of hydrogen-bond donors (Lipinski definition) is 2. The fraction of sp³-hybridized carbons (Fsp3) is 0.421. The van der Waals surface area contributed by atoms with Gasteiger partial charge in [0, 0.05) is 16.4 Å². The van der Waals surface area contributed by atoms with E-state index in [9.17, 15) is 4.79 Å². The van der Waals surface area contributed by atoms with Gasteiger partial charge in [0.25, 0.3) is 5.91 Å². The molecule has 132 valence electrons. The van der Waals surface area contributed by atoms with E-state index >= 15 is 0 Å². The van der Waals surface area contributed by atoms with Gasteiger partial charge in [-0.05, 0) is 61.7 Å². The summed E-state index contributed by atoms with van der Waals surface area (Å²) in [5, 5.41) is 7.08. The first-order valence-corrected chi connectivity index (χ1v) is 9.86. The van der Waals surface area contributed by atoms with E-state index in [-0.39, 0.29) is 11.5 Å². The first-order valence-electron chi connectivity index (χ1n) is 8.67. The van der Waals surface area contributed by atoms with Crippen molar-refractivity contribution in [1.29, 1.82) is 0 Å². The quantitative estimate of drug-likeness (QED) is 0.862. The molecule has 2 aliphatic heterocycles. The van der Waals surface area contributed by atoms with E-state index in [1.165, 1.54) is 10.4 Å². The van der Waals surface area contributed by atoms with Crippen LogP contribution in [0.15, 0.2) is 30.3 Å². The number of carbonyl (C=O) groups is 1. The summed E-state index contributed by atoms with van der Waals surface area (Å²) in [6.07, 6.45) is 2.84. The molecule has 1 fully saturated rings. The maximum Gasteiger partial charge on any atom is 0.261 e. The molecule has 2 aliphatic rings. The second-order valence-electron chi connectivity index (χ2n) is 6.62. The molecule has 0 aliphatic carbocycles. The minimum Gasteiger partial charge on any atom is -0.369 e. The fourth-order valence-electron chi connectivity index (χ4n) is 3.65. The third-order valence-electron chi connectivity index (χ3n) is 4.95. The summed E-state index contributed by atoms with van der Waals surface area (Å²) in [6, 6.07) is 9.62. The van der Waals surface area contributed by atoms with Crippen molar-refractivity contribution >= 4 is 28.8 Å². The molecule has 0 atom stereocenters. The monoisotopic (exact) mass is 376 g/mol. The largest absolute Gasteiger partial charge is 0.369 e. The Morgan fingerprint density at radius 3 is 2.96 bits per heavy atom. The van der Waals surface area contributed by atoms with Crippen LogP contribution in [-0.2, 0) is 23.3 Å². The lowest BCUT2D eigenvalue weighted by atomic mass is 9.86. The number of halogens is 1. The summed E-state index contributed by atoms with van der Waals surface area (Å²) in [7, 11) is 0. The van der Waals surface area contributed by atoms with Gasteiger partial charge in [-0.15, -0.1) is 11.3 Å². The fourth-order valence-corrected chi connectivity index (χ4v) is 5.19. The molecule has 1 amide bonds. The van der Waals surface area contributed by atoms with Crippen LogP contribution < -0.4 is 10.6 Å². The van der Waals surface area contributed by atoms with Crippen molar-refractivity contribution in [3.8, 4) is 0 Å². The average Bonchev–Trinajstić information content (AvgIpc) is 3.07. The molecule has 6 heteroatoms. The topological polar surface area (TPSA) is 50.4 Å². The summed E-state index contributed by atoms with van der Waals surface area (Å²) in [4.78, 5) is 14.6. The Bertz CT molecular complexity index is 783. The van der Waals surface area contributed by atoms with Crippen LogP contribution in [-0.4, -0.2) is 25.6 Å². The number of thiophene rings is 1. The zero-order chi connectivity index (χ0) is 17.3. The van der Waals surface area contributed by atoms with E-state index in [1.807, 2.05) is 24.3 Å². The number of nitrogens with one attached hydrogen (secondary N) is 2. The standard InChI is InChI=1S/C19H21ClN2O2S/c20-15-3-1-2-13(10-15)12-22-18(23)16-11-14-4-9-24-19(17(14)25-16)5-7-21-8-6-19/h1-3,10-11,21H,4-9,12H2,(H,22,23). The second-order valence-corrected chi connectivity index (χ2v) is 8.11. The normalized spacial score (nSPS) is 18.8. The van der Waals surface area contributed by atoms with Crippen molar-refractivity contribution in [3.05, 3.63) is 56.2 Å². The van der Waals surface area contributed by atoms with E-state index < -0.39 is 0 Å². The van der Waals surface area contributed by atoms with Gasteiger partial charge < -0.3 is 15.4 Å². The molecule has 1 saturated heterocycles. The van der Waals surface area contributed by atoms with Gasteiger partial charge in [-0.2, -0.15) is 0 Å². The molecule has 2 aromatic rings. The Hall–Kier alpha value is -1.40. The highest BCUT2D eigenvalue weighted by atomic mass is 35.5. The smallest absolute Gasteiger partial charge is 0.261 e. The zero-order valence-electron chi connectivity index (χ0n) is 13.9. The Kier molecular flexibility index (Phi) is 4.82. The minimum absolute atomic E-state index is 0.0246. The van der Waals surface area contributed by atoms with Gasteiger partial charge in [-0.3, -0.25) is 4.79 Å². The van der Waals surface area contributed by atoms with Crippen molar-refractivity contribution in [2.24, 2.45) is 0 Å². The van der Waals surface area contributed by atoms with Gasteiger partial charge >= 0.3 is 0 Å². The lowest BCUT2D eigenvalue weighted by Crippen LogP contribution is -2.43. The first kappa shape index (κ1) is 17.0. The molecule has 3 heterocycles. The van der Waals surface area contributed by atoms with Crippen LogP contribution in [0.3, 0.4) is 0 Å². The third kappa shape index (κ3) is 3.47. The summed E-state index contributed by atoms with van der Waals surface area (Å²) in [5.74, 6) is -0.0246. The molecule has 2 N–H and O–H groups in total. The van der Waals surface area contributed by atoms with Crippen LogP contribution in [0, 0.1) is 0 Å². The van der Waals surface area contributed by atoms with E-state index in [0.29, 0.717) is 11.6 Å². The van der Waals surface area contributed by atoms with Crippen LogP contribution in [0.1, 0.15) is 38.5 Å². The molecular weight excluding hydrogens is 356 g/mol. The number of carbonyl (C=O) groups excluding carboxylic acids is 1. The zero-order valence-corrected chi connectivity index (χ0v) is 15.5. The molecule has 1 aromatic carbocycles. The molecular formula is C19H21ClN2O2S. The summed E-state index contributed by atoms with van der Waals surface area (Å²) in [6.45, 7) is 3.15. The molecule has 0 bridgehead atoms. The third-order valence-corrected chi connectivity index (χ3v) is 6.55. The Balaban J connectivity index is 1.51. The first-order chi connectivity index (χ1) is 12.2. The number of amides is 1. The van der Waals surface area contributed by atoms with E-state index in [2.05, 4.69) is 16.7 Å². The minimum atomic E-state index is -0.186. The van der Waals surface area contributed by atoms with Crippen molar-refractivity contribution in [1.82, 2.24) is 10.6 Å². The van der Waals surface area contributed by atoms with E-state index in [1.54, 1.807) is 11.3 Å². The van der Waals surface area contributed by atoms with Crippen molar-refractivity contribution in [2.75, 3.05) is 19.7 Å². The Morgan fingerprint density at radius 1 is 1.32 bits per heavy atom. The Morgan fingerprint density at radius 2 is 2.16 bits per heavy atom. The average molecular weight is 377 g/mol. The molecule has 1 spiro atoms. The number of rotatable bonds is 3. The van der Waals surface area contributed by atoms with Crippen molar-refractivity contribution in [3.63, 3.8) is 0 Å². The number of piperidine rings is 1. The van der Waals surface area contributed by atoms with Gasteiger partial charge in [0.05, 0.1) is 11.5 Å². The molecule has 0 unspecified atom stereocenters. The van der Waals surface area contributed by atoms with Gasteiger partial charge in [-0.1, -0.05) is 23.7 Å². The molecule has 4 rings (SSSR count). The van der Waals surface area contributed by atoms with Gasteiger partial charge in [-0.25, -0.2) is 0 Å². The molecule has 1 aromatic heterocycles. The molecule has 0 radical (unpaired) electrons. The predicted molar refractivity (Wildman–Crippen MR) is 100 cm³/mol. The number of ether oxygens (including phenoxy) is 1. The molecule has 25 heavy (non-hydrogen) atoms. The Labute approximate surface area is 156 Å². The van der Waals surface area contributed by atoms with Crippen LogP contribution in [0.5, 0.6) is 0 Å². The maximum atomic E-state index is 12.6. The summed E-state index contributed by atoms with van der Waals surface area (Å²) < 4.78 is 6.19. The second kappa shape index (κ2) is 7.08. The summed E-state index contributed by atoms with van der Waals surface area (Å²) >= 11 is 7.59. The molecule has 0 saturated carbocycles. The van der Waals surface area contributed by atoms with Crippen LogP contribution >= 0.6 is 22.9 Å². The van der Waals surface area contributed by atoms with E-state index in [4.69, 9.17) is 16.3 Å². The highest BCUT2D eigenvalue weighted by Crippen LogP contribution is 2.44. The van der Waals surface area contributed by atoms with Gasteiger partial charge in [0.1, 0.15) is 5.60 Å². The number of benzene rings is 1. The number of hydrogen-bond acceptors (Lipinski definition) is 4. The van der Waals surface area contributed by atoms with Gasteiger partial charge in [0.2, 0.25) is 0 Å². The van der Waals surface area contributed by atoms with Crippen LogP contribution in [0.25, 0.3) is 0 Å². The van der Waals surface area contributed by atoms with Crippen LogP contribution in [0.4, 0.5) is 0 Å². The lowest BCUT2D eigenvalue weighted by Gasteiger charge is -2.40. The van der Waals surface area contributed by atoms with Crippen molar-refractivity contribution in [2.45, 2.75) is 31.4 Å². The van der Waals surface area contributed by atoms with Crippen LogP contribution in [0.2, 0.25) is 5.02 Å².